The smallest absolute Gasteiger partial charge is 0.313 e. The van der Waals surface area contributed by atoms with Gasteiger partial charge in [-0.2, -0.15) is 0 Å². The van der Waals surface area contributed by atoms with E-state index < -0.39 is 0 Å². The van der Waals surface area contributed by atoms with Gasteiger partial charge in [-0.05, 0) is 70.8 Å². The van der Waals surface area contributed by atoms with Gasteiger partial charge in [-0.25, -0.2) is 0 Å². The van der Waals surface area contributed by atoms with Crippen molar-refractivity contribution in [2.75, 3.05) is 14.2 Å². The molecule has 0 atom stereocenters. The van der Waals surface area contributed by atoms with Crippen molar-refractivity contribution in [1.82, 2.24) is 0 Å². The molecule has 2 N–H and O–H groups in total. The van der Waals surface area contributed by atoms with Gasteiger partial charge in [-0.15, -0.1) is 0 Å². The Morgan fingerprint density at radius 2 is 0.848 bits per heavy atom. The van der Waals surface area contributed by atoms with E-state index in [9.17, 15) is 19.8 Å². The van der Waals surface area contributed by atoms with Crippen molar-refractivity contribution in [3.63, 3.8) is 0 Å². The first-order valence-corrected chi connectivity index (χ1v) is 14.7. The van der Waals surface area contributed by atoms with E-state index in [1.165, 1.54) is 6.07 Å². The summed E-state index contributed by atoms with van der Waals surface area (Å²) in [5, 5.41) is 18.8. The van der Waals surface area contributed by atoms with Crippen LogP contribution in [0.2, 0.25) is 0 Å². The van der Waals surface area contributed by atoms with Gasteiger partial charge in [0.25, 0.3) is 0 Å². The maximum Gasteiger partial charge on any atom is 0.313 e. The van der Waals surface area contributed by atoms with Crippen LogP contribution in [0.4, 0.5) is 0 Å². The highest BCUT2D eigenvalue weighted by Gasteiger charge is 2.10. The predicted octanol–water partition coefficient (Wildman–Crippen LogP) is 8.27. The number of carbonyl (C=O) groups excluding carboxylic acids is 2. The maximum atomic E-state index is 11.6. The summed E-state index contributed by atoms with van der Waals surface area (Å²) in [6.07, 6.45) is 7.55. The number of ether oxygens (including phenoxy) is 4. The minimum Gasteiger partial charge on any atom is -0.508 e. The minimum absolute atomic E-state index is 0.00981. The first-order chi connectivity index (χ1) is 21.9. The van der Waals surface area contributed by atoms with Crippen LogP contribution < -0.4 is 18.9 Å². The van der Waals surface area contributed by atoms with Gasteiger partial charge in [0, 0.05) is 12.1 Å². The minimum atomic E-state index is -0.265. The van der Waals surface area contributed by atoms with Gasteiger partial charge in [0.2, 0.25) is 0 Å². The van der Waals surface area contributed by atoms with Crippen LogP contribution in [0.3, 0.4) is 0 Å². The highest BCUT2D eigenvalue weighted by Crippen LogP contribution is 2.25. The SMILES string of the molecule is CC(C)C(=O)Oc1ccc(/C=C/c2cc(O)cc(O)c2)cc1.COc1cc(/C=C/c2ccc(OC(=O)C(C)C)cc2)cc(OC)c1. The fourth-order valence-corrected chi connectivity index (χ4v) is 3.79. The van der Waals surface area contributed by atoms with Crippen molar-refractivity contribution in [3.8, 4) is 34.5 Å². The Hall–Kier alpha value is -5.50. The molecule has 0 fully saturated rings. The van der Waals surface area contributed by atoms with E-state index in [0.717, 1.165) is 28.2 Å². The lowest BCUT2D eigenvalue weighted by atomic mass is 10.1. The second kappa shape index (κ2) is 17.1. The Morgan fingerprint density at radius 1 is 0.500 bits per heavy atom. The van der Waals surface area contributed by atoms with Crippen molar-refractivity contribution < 1.29 is 38.7 Å². The van der Waals surface area contributed by atoms with E-state index in [1.54, 1.807) is 70.5 Å². The van der Waals surface area contributed by atoms with E-state index in [4.69, 9.17) is 18.9 Å². The zero-order valence-electron chi connectivity index (χ0n) is 26.9. The fourth-order valence-electron chi connectivity index (χ4n) is 3.79. The Kier molecular flexibility index (Phi) is 13.0. The number of hydrogen-bond acceptors (Lipinski definition) is 8. The van der Waals surface area contributed by atoms with Crippen LogP contribution in [-0.4, -0.2) is 36.4 Å². The molecule has 240 valence electrons. The quantitative estimate of drug-likeness (QED) is 0.103. The molecule has 0 heterocycles. The van der Waals surface area contributed by atoms with Crippen LogP contribution in [0, 0.1) is 11.8 Å². The van der Waals surface area contributed by atoms with Crippen LogP contribution in [0.15, 0.2) is 84.9 Å². The molecule has 0 saturated heterocycles. The largest absolute Gasteiger partial charge is 0.508 e. The zero-order valence-corrected chi connectivity index (χ0v) is 26.9. The molecule has 4 rings (SSSR count). The van der Waals surface area contributed by atoms with Crippen LogP contribution in [0.5, 0.6) is 34.5 Å². The first-order valence-electron chi connectivity index (χ1n) is 14.7. The van der Waals surface area contributed by atoms with Crippen molar-refractivity contribution in [3.05, 3.63) is 107 Å². The number of hydrogen-bond donors (Lipinski definition) is 2. The molecular formula is C38H40O8. The lowest BCUT2D eigenvalue weighted by Gasteiger charge is -2.07. The summed E-state index contributed by atoms with van der Waals surface area (Å²) < 4.78 is 21.0. The molecule has 0 saturated carbocycles. The van der Waals surface area contributed by atoms with Gasteiger partial charge in [0.15, 0.2) is 0 Å². The van der Waals surface area contributed by atoms with Gasteiger partial charge in [0.05, 0.1) is 26.1 Å². The number of methoxy groups -OCH3 is 2. The molecule has 0 aliphatic rings. The number of phenols is 2. The van der Waals surface area contributed by atoms with Gasteiger partial charge in [-0.3, -0.25) is 9.59 Å². The third-order valence-corrected chi connectivity index (χ3v) is 6.38. The number of rotatable bonds is 10. The number of benzene rings is 4. The van der Waals surface area contributed by atoms with Crippen molar-refractivity contribution in [1.29, 1.82) is 0 Å². The number of aromatic hydroxyl groups is 2. The zero-order chi connectivity index (χ0) is 33.6. The number of carbonyl (C=O) groups is 2. The highest BCUT2D eigenvalue weighted by molar-refractivity contribution is 5.76. The molecule has 8 nitrogen and oxygen atoms in total. The lowest BCUT2D eigenvalue weighted by Crippen LogP contribution is -2.14. The van der Waals surface area contributed by atoms with Gasteiger partial charge < -0.3 is 29.2 Å². The third kappa shape index (κ3) is 11.5. The molecule has 0 aliphatic heterocycles. The monoisotopic (exact) mass is 624 g/mol. The predicted molar refractivity (Wildman–Crippen MR) is 181 cm³/mol. The van der Waals surface area contributed by atoms with Crippen molar-refractivity contribution >= 4 is 36.2 Å². The Bertz CT molecular complexity index is 1610. The van der Waals surface area contributed by atoms with Crippen LogP contribution in [0.1, 0.15) is 49.9 Å². The standard InChI is InChI=1S/C20H22O4.C18H18O4/c1-14(2)20(21)24-17-9-7-15(8-10-17)5-6-16-11-18(22-3)13-19(12-16)23-4;1-12(2)18(21)22-17-7-5-13(6-8-17)3-4-14-9-15(19)11-16(20)10-14/h5-14H,1-4H3;3-12,19-20H,1-2H3/b6-5+;4-3+. The molecule has 0 spiro atoms. The average molecular weight is 625 g/mol. The van der Waals surface area contributed by atoms with Gasteiger partial charge in [-0.1, -0.05) is 76.3 Å². The summed E-state index contributed by atoms with van der Waals surface area (Å²) in [7, 11) is 3.25. The van der Waals surface area contributed by atoms with Gasteiger partial charge >= 0.3 is 11.9 Å². The molecule has 0 bridgehead atoms. The third-order valence-electron chi connectivity index (χ3n) is 6.38. The molecule has 0 amide bonds. The van der Waals surface area contributed by atoms with E-state index in [-0.39, 0.29) is 35.3 Å². The second-order valence-corrected chi connectivity index (χ2v) is 10.9. The number of phenolic OH excluding ortho intramolecular Hbond substituents is 2. The molecule has 0 aromatic heterocycles. The van der Waals surface area contributed by atoms with Crippen LogP contribution >= 0.6 is 0 Å². The molecule has 4 aromatic rings. The lowest BCUT2D eigenvalue weighted by molar-refractivity contribution is -0.138. The molecular weight excluding hydrogens is 584 g/mol. The Balaban J connectivity index is 0.000000251. The summed E-state index contributed by atoms with van der Waals surface area (Å²) in [5.41, 5.74) is 3.57. The summed E-state index contributed by atoms with van der Waals surface area (Å²) >= 11 is 0. The van der Waals surface area contributed by atoms with E-state index in [0.29, 0.717) is 17.1 Å². The molecule has 46 heavy (non-hydrogen) atoms. The molecule has 0 radical (unpaired) electrons. The maximum absolute atomic E-state index is 11.6. The summed E-state index contributed by atoms with van der Waals surface area (Å²) in [6, 6.07) is 24.5. The molecule has 4 aromatic carbocycles. The Labute approximate surface area is 270 Å². The average Bonchev–Trinajstić information content (AvgIpc) is 3.03. The molecule has 8 heteroatoms. The second-order valence-electron chi connectivity index (χ2n) is 10.9. The summed E-state index contributed by atoms with van der Waals surface area (Å²) in [5.74, 6) is 1.74. The topological polar surface area (TPSA) is 112 Å². The normalized spacial score (nSPS) is 11.0. The first kappa shape index (κ1) is 35.0. The fraction of sp³-hybridized carbons (Fsp3) is 0.211. The number of esters is 2. The Morgan fingerprint density at radius 3 is 1.20 bits per heavy atom. The molecule has 0 aliphatic carbocycles. The van der Waals surface area contributed by atoms with Gasteiger partial charge in [0.1, 0.15) is 34.5 Å². The summed E-state index contributed by atoms with van der Waals surface area (Å²) in [6.45, 7) is 7.18. The van der Waals surface area contributed by atoms with Crippen LogP contribution in [0.25, 0.3) is 24.3 Å². The van der Waals surface area contributed by atoms with E-state index >= 15 is 0 Å². The van der Waals surface area contributed by atoms with E-state index in [2.05, 4.69) is 0 Å². The molecule has 0 unspecified atom stereocenters. The summed E-state index contributed by atoms with van der Waals surface area (Å²) in [4.78, 5) is 23.1. The van der Waals surface area contributed by atoms with Crippen molar-refractivity contribution in [2.24, 2.45) is 11.8 Å². The highest BCUT2D eigenvalue weighted by atomic mass is 16.5. The van der Waals surface area contributed by atoms with E-state index in [1.807, 2.05) is 74.5 Å². The van der Waals surface area contributed by atoms with Crippen molar-refractivity contribution in [2.45, 2.75) is 27.7 Å². The van der Waals surface area contributed by atoms with Crippen LogP contribution in [-0.2, 0) is 9.59 Å².